The Hall–Kier alpha value is -2.94. The van der Waals surface area contributed by atoms with Gasteiger partial charge in [-0.25, -0.2) is 0 Å². The molecule has 162 valence electrons. The summed E-state index contributed by atoms with van der Waals surface area (Å²) in [6.45, 7) is 1.93. The Morgan fingerprint density at radius 2 is 1.87 bits per heavy atom. The van der Waals surface area contributed by atoms with Gasteiger partial charge in [-0.15, -0.1) is 0 Å². The molecular weight excluding hydrogens is 424 g/mol. The molecule has 0 saturated carbocycles. The number of para-hydroxylation sites is 2. The second-order valence-electron chi connectivity index (χ2n) is 7.59. The molecule has 0 aliphatic carbocycles. The van der Waals surface area contributed by atoms with Crippen molar-refractivity contribution in [2.45, 2.75) is 42.5 Å². The molecule has 0 spiro atoms. The maximum atomic E-state index is 13.2. The van der Waals surface area contributed by atoms with Crippen LogP contribution < -0.4 is 10.2 Å². The third kappa shape index (κ3) is 3.89. The molecule has 2 aliphatic heterocycles. The Bertz CT molecular complexity index is 1050. The van der Waals surface area contributed by atoms with Crippen molar-refractivity contribution in [3.05, 3.63) is 54.1 Å². The van der Waals surface area contributed by atoms with Crippen LogP contribution in [0.3, 0.4) is 0 Å². The summed E-state index contributed by atoms with van der Waals surface area (Å²) >= 11 is 0.361. The second-order valence-corrected chi connectivity index (χ2v) is 8.62. The predicted molar refractivity (Wildman–Crippen MR) is 114 cm³/mol. The highest BCUT2D eigenvalue weighted by molar-refractivity contribution is 7.99. The van der Waals surface area contributed by atoms with E-state index in [1.807, 2.05) is 6.92 Å². The molecule has 2 aliphatic rings. The molecule has 3 amide bonds. The van der Waals surface area contributed by atoms with Gasteiger partial charge in [-0.2, -0.15) is 8.78 Å². The van der Waals surface area contributed by atoms with Crippen LogP contribution >= 0.6 is 11.8 Å². The highest BCUT2D eigenvalue weighted by Crippen LogP contribution is 2.44. The molecule has 31 heavy (non-hydrogen) atoms. The van der Waals surface area contributed by atoms with E-state index in [1.165, 1.54) is 6.07 Å². The number of rotatable bonds is 6. The van der Waals surface area contributed by atoms with Crippen LogP contribution in [-0.4, -0.2) is 40.6 Å². The van der Waals surface area contributed by atoms with E-state index in [9.17, 15) is 23.2 Å². The van der Waals surface area contributed by atoms with Gasteiger partial charge in [0.2, 0.25) is 11.8 Å². The Morgan fingerprint density at radius 1 is 1.16 bits per heavy atom. The fourth-order valence-electron chi connectivity index (χ4n) is 4.24. The van der Waals surface area contributed by atoms with E-state index in [-0.39, 0.29) is 29.7 Å². The average molecular weight is 445 g/mol. The second kappa shape index (κ2) is 8.30. The van der Waals surface area contributed by atoms with Crippen molar-refractivity contribution in [2.75, 3.05) is 16.8 Å². The predicted octanol–water partition coefficient (Wildman–Crippen LogP) is 4.33. The normalized spacial score (nSPS) is 20.1. The first kappa shape index (κ1) is 21.3. The van der Waals surface area contributed by atoms with E-state index in [2.05, 4.69) is 5.32 Å². The van der Waals surface area contributed by atoms with Gasteiger partial charge in [0.1, 0.15) is 5.66 Å². The molecule has 1 atom stereocenters. The molecule has 2 aromatic carbocycles. The van der Waals surface area contributed by atoms with Gasteiger partial charge in [0, 0.05) is 24.3 Å². The lowest BCUT2D eigenvalue weighted by Crippen LogP contribution is -2.62. The number of carbonyl (C=O) groups excluding carboxylic acids is 3. The standard InChI is InChI=1S/C22H21F2N3O3S/c1-22-12-10-19(29)27(22)16-8-4-2-6-14(16)20(30)26(22)13-11-18(28)25-15-7-3-5-9-17(15)31-21(23)24/h2-9,21H,10-13H2,1H3,(H,25,28). The van der Waals surface area contributed by atoms with Gasteiger partial charge in [0.05, 0.1) is 16.9 Å². The summed E-state index contributed by atoms with van der Waals surface area (Å²) in [5.74, 6) is -3.29. The van der Waals surface area contributed by atoms with Crippen molar-refractivity contribution in [2.24, 2.45) is 0 Å². The number of alkyl halides is 2. The van der Waals surface area contributed by atoms with Gasteiger partial charge in [-0.05, 0) is 37.6 Å². The topological polar surface area (TPSA) is 69.7 Å². The first-order chi connectivity index (χ1) is 14.8. The smallest absolute Gasteiger partial charge is 0.288 e. The maximum absolute atomic E-state index is 13.2. The van der Waals surface area contributed by atoms with Crippen LogP contribution in [-0.2, 0) is 9.59 Å². The highest BCUT2D eigenvalue weighted by Gasteiger charge is 2.52. The van der Waals surface area contributed by atoms with Gasteiger partial charge < -0.3 is 10.2 Å². The number of fused-ring (bicyclic) bond motifs is 3. The third-order valence-corrected chi connectivity index (χ3v) is 6.47. The minimum atomic E-state index is -2.60. The molecule has 1 saturated heterocycles. The molecule has 0 aromatic heterocycles. The Kier molecular flexibility index (Phi) is 5.70. The molecule has 6 nitrogen and oxygen atoms in total. The number of anilines is 2. The monoisotopic (exact) mass is 445 g/mol. The average Bonchev–Trinajstić information content (AvgIpc) is 3.04. The number of carbonyl (C=O) groups is 3. The van der Waals surface area contributed by atoms with Crippen LogP contribution in [0.25, 0.3) is 0 Å². The molecule has 9 heteroatoms. The maximum Gasteiger partial charge on any atom is 0.288 e. The van der Waals surface area contributed by atoms with E-state index in [0.717, 1.165) is 0 Å². The molecule has 0 bridgehead atoms. The summed E-state index contributed by atoms with van der Waals surface area (Å²) < 4.78 is 25.5. The highest BCUT2D eigenvalue weighted by atomic mass is 32.2. The lowest BCUT2D eigenvalue weighted by atomic mass is 9.98. The van der Waals surface area contributed by atoms with Crippen molar-refractivity contribution in [1.29, 1.82) is 0 Å². The van der Waals surface area contributed by atoms with Crippen molar-refractivity contribution in [3.8, 4) is 0 Å². The fraction of sp³-hybridized carbons (Fsp3) is 0.318. The van der Waals surface area contributed by atoms with Crippen molar-refractivity contribution < 1.29 is 23.2 Å². The van der Waals surface area contributed by atoms with Crippen LogP contribution in [0.5, 0.6) is 0 Å². The molecule has 0 radical (unpaired) electrons. The van der Waals surface area contributed by atoms with E-state index >= 15 is 0 Å². The van der Waals surface area contributed by atoms with Crippen LogP contribution in [0.15, 0.2) is 53.4 Å². The van der Waals surface area contributed by atoms with E-state index < -0.39 is 17.3 Å². The van der Waals surface area contributed by atoms with Gasteiger partial charge in [0.15, 0.2) is 0 Å². The quantitative estimate of drug-likeness (QED) is 0.672. The molecule has 2 heterocycles. The van der Waals surface area contributed by atoms with Gasteiger partial charge in [0.25, 0.3) is 11.7 Å². The number of amides is 3. The molecule has 4 rings (SSSR count). The first-order valence-electron chi connectivity index (χ1n) is 9.89. The van der Waals surface area contributed by atoms with Crippen molar-refractivity contribution in [3.63, 3.8) is 0 Å². The summed E-state index contributed by atoms with van der Waals surface area (Å²) in [4.78, 5) is 41.8. The van der Waals surface area contributed by atoms with E-state index in [0.29, 0.717) is 41.5 Å². The summed E-state index contributed by atoms with van der Waals surface area (Å²) in [5, 5.41) is 2.66. The zero-order chi connectivity index (χ0) is 22.2. The molecule has 1 unspecified atom stereocenters. The van der Waals surface area contributed by atoms with Crippen LogP contribution in [0, 0.1) is 0 Å². The molecule has 1 N–H and O–H groups in total. The summed E-state index contributed by atoms with van der Waals surface area (Å²) in [6, 6.07) is 13.3. The van der Waals surface area contributed by atoms with E-state index in [4.69, 9.17) is 0 Å². The summed E-state index contributed by atoms with van der Waals surface area (Å²) in [5.41, 5.74) is 0.481. The lowest BCUT2D eigenvalue weighted by molar-refractivity contribution is -0.117. The first-order valence-corrected chi connectivity index (χ1v) is 10.8. The number of benzene rings is 2. The van der Waals surface area contributed by atoms with Crippen molar-refractivity contribution in [1.82, 2.24) is 4.90 Å². The number of nitrogens with zero attached hydrogens (tertiary/aromatic N) is 2. The van der Waals surface area contributed by atoms with E-state index in [1.54, 1.807) is 52.3 Å². The molecule has 2 aromatic rings. The zero-order valence-corrected chi connectivity index (χ0v) is 17.6. The third-order valence-electron chi connectivity index (χ3n) is 5.69. The SMILES string of the molecule is CC12CCC(=O)N1c1ccccc1C(=O)N2CCC(=O)Nc1ccccc1SC(F)F. The van der Waals surface area contributed by atoms with Gasteiger partial charge >= 0.3 is 0 Å². The zero-order valence-electron chi connectivity index (χ0n) is 16.8. The number of halogens is 2. The number of hydrogen-bond donors (Lipinski definition) is 1. The Balaban J connectivity index is 1.52. The fourth-order valence-corrected chi connectivity index (χ4v) is 4.83. The lowest BCUT2D eigenvalue weighted by Gasteiger charge is -2.48. The van der Waals surface area contributed by atoms with Gasteiger partial charge in [-0.1, -0.05) is 36.0 Å². The Labute approximate surface area is 182 Å². The minimum Gasteiger partial charge on any atom is -0.325 e. The Morgan fingerprint density at radius 3 is 2.65 bits per heavy atom. The largest absolute Gasteiger partial charge is 0.325 e. The molecule has 1 fully saturated rings. The van der Waals surface area contributed by atoms with Crippen LogP contribution in [0.1, 0.15) is 36.5 Å². The summed E-state index contributed by atoms with van der Waals surface area (Å²) in [6.07, 6.45) is 0.764. The molecular formula is C22H21F2N3O3S. The number of thioether (sulfide) groups is 1. The summed E-state index contributed by atoms with van der Waals surface area (Å²) in [7, 11) is 0. The number of hydrogen-bond acceptors (Lipinski definition) is 4. The van der Waals surface area contributed by atoms with Crippen LogP contribution in [0.4, 0.5) is 20.2 Å². The van der Waals surface area contributed by atoms with Gasteiger partial charge in [-0.3, -0.25) is 19.3 Å². The minimum absolute atomic E-state index is 0.0286. The van der Waals surface area contributed by atoms with Crippen LogP contribution in [0.2, 0.25) is 0 Å². The number of nitrogens with one attached hydrogen (secondary N) is 1. The van der Waals surface area contributed by atoms with Crippen molar-refractivity contribution >= 4 is 40.9 Å².